The standard InChI is InChI=1S/C14H22N4O2/c1-11(10-19)16-14(20)17-12-5-6-13(15-9-12)18-7-3-2-4-8-18/h5-6,9,11,19H,2-4,7-8,10H2,1H3,(H2,16,17,20)/t11-/m1/s1. The monoisotopic (exact) mass is 278 g/mol. The number of carbonyl (C=O) groups excluding carboxylic acids is 1. The van der Waals surface area contributed by atoms with Crippen LogP contribution in [0.3, 0.4) is 0 Å². The van der Waals surface area contributed by atoms with Gasteiger partial charge in [-0.3, -0.25) is 0 Å². The van der Waals surface area contributed by atoms with E-state index >= 15 is 0 Å². The van der Waals surface area contributed by atoms with Crippen molar-refractivity contribution in [1.82, 2.24) is 10.3 Å². The molecule has 1 aromatic rings. The molecule has 20 heavy (non-hydrogen) atoms. The highest BCUT2D eigenvalue weighted by molar-refractivity contribution is 5.89. The van der Waals surface area contributed by atoms with Crippen LogP contribution in [-0.4, -0.2) is 41.9 Å². The van der Waals surface area contributed by atoms with Crippen LogP contribution in [0.4, 0.5) is 16.3 Å². The number of pyridine rings is 1. The molecule has 1 fully saturated rings. The van der Waals surface area contributed by atoms with Crippen LogP contribution in [0.15, 0.2) is 18.3 Å². The molecule has 6 heteroatoms. The summed E-state index contributed by atoms with van der Waals surface area (Å²) < 4.78 is 0. The minimum atomic E-state index is -0.334. The molecular weight excluding hydrogens is 256 g/mol. The van der Waals surface area contributed by atoms with Crippen molar-refractivity contribution in [3.05, 3.63) is 18.3 Å². The lowest BCUT2D eigenvalue weighted by atomic mass is 10.1. The van der Waals surface area contributed by atoms with Crippen molar-refractivity contribution in [2.24, 2.45) is 0 Å². The van der Waals surface area contributed by atoms with E-state index in [1.807, 2.05) is 12.1 Å². The molecule has 0 unspecified atom stereocenters. The van der Waals surface area contributed by atoms with E-state index in [0.717, 1.165) is 18.9 Å². The molecule has 2 rings (SSSR count). The number of carbonyl (C=O) groups is 1. The van der Waals surface area contributed by atoms with Crippen molar-refractivity contribution >= 4 is 17.5 Å². The number of nitrogens with one attached hydrogen (secondary N) is 2. The molecule has 3 N–H and O–H groups in total. The van der Waals surface area contributed by atoms with Gasteiger partial charge in [0.15, 0.2) is 0 Å². The van der Waals surface area contributed by atoms with Gasteiger partial charge < -0.3 is 20.6 Å². The van der Waals surface area contributed by atoms with E-state index in [9.17, 15) is 4.79 Å². The van der Waals surface area contributed by atoms with Crippen LogP contribution in [0, 0.1) is 0 Å². The van der Waals surface area contributed by atoms with Crippen LogP contribution in [0.5, 0.6) is 0 Å². The minimum absolute atomic E-state index is 0.0838. The summed E-state index contributed by atoms with van der Waals surface area (Å²) >= 11 is 0. The first kappa shape index (κ1) is 14.6. The third-order valence-electron chi connectivity index (χ3n) is 3.34. The number of urea groups is 1. The highest BCUT2D eigenvalue weighted by atomic mass is 16.3. The number of hydrogen-bond acceptors (Lipinski definition) is 4. The Hall–Kier alpha value is -1.82. The Balaban J connectivity index is 1.89. The first-order valence-corrected chi connectivity index (χ1v) is 7.08. The molecule has 1 saturated heterocycles. The second kappa shape index (κ2) is 7.09. The van der Waals surface area contributed by atoms with Crippen LogP contribution >= 0.6 is 0 Å². The zero-order valence-corrected chi connectivity index (χ0v) is 11.8. The number of piperidine rings is 1. The lowest BCUT2D eigenvalue weighted by molar-refractivity contribution is 0.229. The summed E-state index contributed by atoms with van der Waals surface area (Å²) in [6, 6.07) is 3.17. The van der Waals surface area contributed by atoms with Crippen LogP contribution in [0.1, 0.15) is 26.2 Å². The van der Waals surface area contributed by atoms with Gasteiger partial charge in [-0.15, -0.1) is 0 Å². The first-order chi connectivity index (χ1) is 9.69. The molecule has 0 saturated carbocycles. The fraction of sp³-hybridized carbons (Fsp3) is 0.571. The number of aliphatic hydroxyl groups excluding tert-OH is 1. The van der Waals surface area contributed by atoms with Crippen molar-refractivity contribution in [2.75, 3.05) is 29.9 Å². The fourth-order valence-corrected chi connectivity index (χ4v) is 2.21. The normalized spacial score (nSPS) is 16.6. The molecule has 1 atom stereocenters. The number of rotatable bonds is 4. The maximum atomic E-state index is 11.6. The van der Waals surface area contributed by atoms with Gasteiger partial charge in [0.2, 0.25) is 0 Å². The molecule has 110 valence electrons. The van der Waals surface area contributed by atoms with Crippen molar-refractivity contribution < 1.29 is 9.90 Å². The molecule has 0 aliphatic carbocycles. The third-order valence-corrected chi connectivity index (χ3v) is 3.34. The van der Waals surface area contributed by atoms with E-state index in [1.54, 1.807) is 13.1 Å². The molecule has 0 radical (unpaired) electrons. The highest BCUT2D eigenvalue weighted by Crippen LogP contribution is 2.18. The molecule has 0 bridgehead atoms. The minimum Gasteiger partial charge on any atom is -0.394 e. The highest BCUT2D eigenvalue weighted by Gasteiger charge is 2.12. The van der Waals surface area contributed by atoms with Gasteiger partial charge in [0.25, 0.3) is 0 Å². The fourth-order valence-electron chi connectivity index (χ4n) is 2.21. The molecule has 2 amide bonds. The number of nitrogens with zero attached hydrogens (tertiary/aromatic N) is 2. The van der Waals surface area contributed by atoms with Crippen molar-refractivity contribution in [3.63, 3.8) is 0 Å². The molecule has 1 aliphatic heterocycles. The third kappa shape index (κ3) is 4.09. The van der Waals surface area contributed by atoms with Crippen LogP contribution in [0.25, 0.3) is 0 Å². The van der Waals surface area contributed by atoms with Gasteiger partial charge in [-0.2, -0.15) is 0 Å². The topological polar surface area (TPSA) is 77.5 Å². The summed E-state index contributed by atoms with van der Waals surface area (Å²) in [6.45, 7) is 3.75. The van der Waals surface area contributed by atoms with Gasteiger partial charge in [0.1, 0.15) is 5.82 Å². The van der Waals surface area contributed by atoms with E-state index < -0.39 is 0 Å². The van der Waals surface area contributed by atoms with Crippen molar-refractivity contribution in [1.29, 1.82) is 0 Å². The zero-order valence-electron chi connectivity index (χ0n) is 11.8. The molecule has 0 aromatic carbocycles. The number of aliphatic hydroxyl groups is 1. The van der Waals surface area contributed by atoms with Gasteiger partial charge in [-0.25, -0.2) is 9.78 Å². The summed E-state index contributed by atoms with van der Waals surface area (Å²) in [6.07, 6.45) is 5.37. The zero-order chi connectivity index (χ0) is 14.4. The molecule has 2 heterocycles. The smallest absolute Gasteiger partial charge is 0.319 e. The number of aromatic nitrogens is 1. The molecule has 6 nitrogen and oxygen atoms in total. The van der Waals surface area contributed by atoms with Crippen LogP contribution in [-0.2, 0) is 0 Å². The Labute approximate surface area is 119 Å². The average molecular weight is 278 g/mol. The van der Waals surface area contributed by atoms with E-state index in [4.69, 9.17) is 5.11 Å². The Morgan fingerprint density at radius 1 is 1.40 bits per heavy atom. The Morgan fingerprint density at radius 2 is 2.15 bits per heavy atom. The summed E-state index contributed by atoms with van der Waals surface area (Å²) in [5, 5.41) is 14.2. The lowest BCUT2D eigenvalue weighted by Crippen LogP contribution is -2.38. The maximum absolute atomic E-state index is 11.6. The second-order valence-electron chi connectivity index (χ2n) is 5.13. The van der Waals surface area contributed by atoms with Gasteiger partial charge in [-0.05, 0) is 38.3 Å². The summed E-state index contributed by atoms with van der Waals surface area (Å²) in [5.74, 6) is 0.958. The van der Waals surface area contributed by atoms with E-state index in [0.29, 0.717) is 5.69 Å². The Morgan fingerprint density at radius 3 is 2.75 bits per heavy atom. The molecule has 0 spiro atoms. The Kier molecular flexibility index (Phi) is 5.17. The Bertz CT molecular complexity index is 429. The summed E-state index contributed by atoms with van der Waals surface area (Å²) in [5.41, 5.74) is 0.647. The second-order valence-corrected chi connectivity index (χ2v) is 5.13. The van der Waals surface area contributed by atoms with Crippen LogP contribution in [0.2, 0.25) is 0 Å². The predicted octanol–water partition coefficient (Wildman–Crippen LogP) is 1.57. The van der Waals surface area contributed by atoms with E-state index in [1.165, 1.54) is 19.3 Å². The van der Waals surface area contributed by atoms with Gasteiger partial charge in [-0.1, -0.05) is 0 Å². The first-order valence-electron chi connectivity index (χ1n) is 7.08. The number of amides is 2. The van der Waals surface area contributed by atoms with Gasteiger partial charge >= 0.3 is 6.03 Å². The lowest BCUT2D eigenvalue weighted by Gasteiger charge is -2.27. The number of hydrogen-bond donors (Lipinski definition) is 3. The van der Waals surface area contributed by atoms with Crippen molar-refractivity contribution in [2.45, 2.75) is 32.2 Å². The van der Waals surface area contributed by atoms with E-state index in [2.05, 4.69) is 20.5 Å². The summed E-state index contributed by atoms with van der Waals surface area (Å²) in [4.78, 5) is 18.3. The molecular formula is C14H22N4O2. The maximum Gasteiger partial charge on any atom is 0.319 e. The predicted molar refractivity (Wildman–Crippen MR) is 79.0 cm³/mol. The van der Waals surface area contributed by atoms with E-state index in [-0.39, 0.29) is 18.7 Å². The summed E-state index contributed by atoms with van der Waals surface area (Å²) in [7, 11) is 0. The SMILES string of the molecule is C[C@H](CO)NC(=O)Nc1ccc(N2CCCCC2)nc1. The van der Waals surface area contributed by atoms with Gasteiger partial charge in [0, 0.05) is 13.1 Å². The molecule has 1 aromatic heterocycles. The quantitative estimate of drug-likeness (QED) is 0.781. The number of anilines is 2. The van der Waals surface area contributed by atoms with Crippen LogP contribution < -0.4 is 15.5 Å². The average Bonchev–Trinajstić information content (AvgIpc) is 2.48. The van der Waals surface area contributed by atoms with Gasteiger partial charge in [0.05, 0.1) is 24.5 Å². The molecule has 1 aliphatic rings. The van der Waals surface area contributed by atoms with Crippen molar-refractivity contribution in [3.8, 4) is 0 Å². The largest absolute Gasteiger partial charge is 0.394 e.